The Morgan fingerprint density at radius 3 is 2.21 bits per heavy atom. The molecule has 19 heavy (non-hydrogen) atoms. The van der Waals surface area contributed by atoms with E-state index in [0.717, 1.165) is 22.0 Å². The number of benzene rings is 2. The Labute approximate surface area is 115 Å². The minimum atomic E-state index is -0.779. The van der Waals surface area contributed by atoms with Crippen molar-refractivity contribution in [2.24, 2.45) is 0 Å². The summed E-state index contributed by atoms with van der Waals surface area (Å²) >= 11 is 0. The second kappa shape index (κ2) is 5.36. The van der Waals surface area contributed by atoms with Gasteiger partial charge in [-0.05, 0) is 34.5 Å². The van der Waals surface area contributed by atoms with Gasteiger partial charge in [-0.25, -0.2) is 0 Å². The fraction of sp³-hybridized carbons (Fsp3) is 0.200. The van der Waals surface area contributed by atoms with Crippen LogP contribution in [0.15, 0.2) is 36.4 Å². The van der Waals surface area contributed by atoms with E-state index in [9.17, 15) is 5.11 Å². The number of nitrogens with two attached hydrogens (primary N) is 1. The summed E-state index contributed by atoms with van der Waals surface area (Å²) in [5.41, 5.74) is 8.67. The molecule has 99 valence electrons. The summed E-state index contributed by atoms with van der Waals surface area (Å²) in [5, 5.41) is 11.0. The molecule has 1 radical (unpaired) electrons. The normalized spacial score (nSPS) is 10.7. The van der Waals surface area contributed by atoms with Gasteiger partial charge in [0.2, 0.25) is 0 Å². The monoisotopic (exact) mass is 272 g/mol. The van der Waals surface area contributed by atoms with Gasteiger partial charge < -0.3 is 15.6 Å². The van der Waals surface area contributed by atoms with Crippen molar-refractivity contribution in [3.05, 3.63) is 36.4 Å². The second-order valence-electron chi connectivity index (χ2n) is 4.66. The van der Waals surface area contributed by atoms with Crippen molar-refractivity contribution in [1.29, 1.82) is 0 Å². The minimum Gasteiger partial charge on any atom is -0.504 e. The molecule has 2 rings (SSSR count). The van der Waals surface area contributed by atoms with E-state index in [-0.39, 0.29) is 5.75 Å². The van der Waals surface area contributed by atoms with Crippen molar-refractivity contribution in [2.75, 3.05) is 12.8 Å². The molecule has 0 bridgehead atoms. The zero-order valence-electron chi connectivity index (χ0n) is 11.4. The molecule has 3 N–H and O–H groups in total. The average molecular weight is 272 g/mol. The van der Waals surface area contributed by atoms with Crippen LogP contribution in [0.2, 0.25) is 13.1 Å². The van der Waals surface area contributed by atoms with Crippen LogP contribution in [0.25, 0.3) is 11.1 Å². The molecular weight excluding hydrogens is 254 g/mol. The van der Waals surface area contributed by atoms with E-state index in [0.29, 0.717) is 5.75 Å². The Morgan fingerprint density at radius 1 is 1.05 bits per heavy atom. The number of rotatable bonds is 3. The van der Waals surface area contributed by atoms with E-state index in [1.165, 1.54) is 0 Å². The van der Waals surface area contributed by atoms with Crippen molar-refractivity contribution in [3.8, 4) is 22.6 Å². The van der Waals surface area contributed by atoms with E-state index >= 15 is 0 Å². The lowest BCUT2D eigenvalue weighted by atomic mass is 10.0. The maximum absolute atomic E-state index is 9.93. The Hall–Kier alpha value is -1.94. The number of phenolic OH excluding ortho intramolecular Hbond substituents is 1. The molecule has 0 unspecified atom stereocenters. The molecule has 0 fully saturated rings. The lowest BCUT2D eigenvalue weighted by molar-refractivity contribution is 0.376. The van der Waals surface area contributed by atoms with Gasteiger partial charge >= 0.3 is 0 Å². The first-order valence-electron chi connectivity index (χ1n) is 6.11. The zero-order valence-corrected chi connectivity index (χ0v) is 12.4. The highest BCUT2D eigenvalue weighted by Crippen LogP contribution is 2.30. The molecular formula is C15H18NO2Si. The van der Waals surface area contributed by atoms with Crippen LogP contribution in [0, 0.1) is 0 Å². The highest BCUT2D eigenvalue weighted by Gasteiger charge is 2.18. The molecule has 0 aliphatic heterocycles. The molecule has 0 atom stereocenters. The summed E-state index contributed by atoms with van der Waals surface area (Å²) in [4.78, 5) is 0. The van der Waals surface area contributed by atoms with Gasteiger partial charge in [-0.3, -0.25) is 0 Å². The average Bonchev–Trinajstić information content (AvgIpc) is 2.39. The lowest BCUT2D eigenvalue weighted by Gasteiger charge is -2.17. The lowest BCUT2D eigenvalue weighted by Crippen LogP contribution is -2.27. The molecule has 3 nitrogen and oxygen atoms in total. The summed E-state index contributed by atoms with van der Waals surface area (Å²) in [6.07, 6.45) is 0. The van der Waals surface area contributed by atoms with Gasteiger partial charge in [0.05, 0.1) is 15.9 Å². The molecule has 0 aromatic heterocycles. The number of nitrogen functional groups attached to an aromatic ring is 1. The van der Waals surface area contributed by atoms with Gasteiger partial charge in [0.25, 0.3) is 0 Å². The van der Waals surface area contributed by atoms with Crippen LogP contribution in [-0.4, -0.2) is 21.0 Å². The Balaban J connectivity index is 2.66. The number of methoxy groups -OCH3 is 1. The van der Waals surface area contributed by atoms with Crippen molar-refractivity contribution in [2.45, 2.75) is 13.1 Å². The number of aromatic hydroxyl groups is 1. The van der Waals surface area contributed by atoms with Crippen LogP contribution >= 0.6 is 0 Å². The predicted octanol–water partition coefficient (Wildman–Crippen LogP) is 2.61. The minimum absolute atomic E-state index is 0.197. The fourth-order valence-corrected chi connectivity index (χ4v) is 3.63. The standard InChI is InChI=1S/C15H18NO2Si/c1-18-14-13(17)9-8-12(15(14)19(2)3)10-4-6-11(16)7-5-10/h4-9,17H,16H2,1-3H3. The van der Waals surface area contributed by atoms with Crippen LogP contribution in [0.3, 0.4) is 0 Å². The summed E-state index contributed by atoms with van der Waals surface area (Å²) in [6.45, 7) is 4.37. The molecule has 0 saturated carbocycles. The molecule has 0 amide bonds. The maximum atomic E-state index is 9.93. The third-order valence-corrected chi connectivity index (χ3v) is 4.56. The van der Waals surface area contributed by atoms with E-state index in [1.54, 1.807) is 13.2 Å². The number of phenols is 1. The van der Waals surface area contributed by atoms with Crippen LogP contribution in [0.1, 0.15) is 0 Å². The Kier molecular flexibility index (Phi) is 3.81. The van der Waals surface area contributed by atoms with Crippen molar-refractivity contribution in [3.63, 3.8) is 0 Å². The van der Waals surface area contributed by atoms with Gasteiger partial charge in [-0.15, -0.1) is 0 Å². The molecule has 2 aromatic rings. The smallest absolute Gasteiger partial charge is 0.160 e. The number of anilines is 1. The second-order valence-corrected chi connectivity index (χ2v) is 7.16. The SMILES string of the molecule is COc1c(O)ccc(-c2ccc(N)cc2)c1[Si](C)C. The topological polar surface area (TPSA) is 55.5 Å². The van der Waals surface area contributed by atoms with Crippen molar-refractivity contribution >= 4 is 19.7 Å². The first kappa shape index (κ1) is 13.5. The Morgan fingerprint density at radius 2 is 1.68 bits per heavy atom. The number of hydrogen-bond acceptors (Lipinski definition) is 3. The van der Waals surface area contributed by atoms with Gasteiger partial charge in [-0.1, -0.05) is 31.3 Å². The highest BCUT2D eigenvalue weighted by atomic mass is 28.3. The van der Waals surface area contributed by atoms with Crippen molar-refractivity contribution < 1.29 is 9.84 Å². The quantitative estimate of drug-likeness (QED) is 0.667. The highest BCUT2D eigenvalue weighted by molar-refractivity contribution is 6.73. The van der Waals surface area contributed by atoms with E-state index < -0.39 is 8.80 Å². The van der Waals surface area contributed by atoms with Gasteiger partial charge in [0.1, 0.15) is 0 Å². The van der Waals surface area contributed by atoms with Crippen LogP contribution in [0.5, 0.6) is 11.5 Å². The summed E-state index contributed by atoms with van der Waals surface area (Å²) < 4.78 is 5.37. The van der Waals surface area contributed by atoms with E-state index in [2.05, 4.69) is 13.1 Å². The fourth-order valence-electron chi connectivity index (χ4n) is 2.18. The summed E-state index contributed by atoms with van der Waals surface area (Å²) in [7, 11) is 0.814. The molecule has 0 heterocycles. The third-order valence-electron chi connectivity index (χ3n) is 3.06. The van der Waals surface area contributed by atoms with Gasteiger partial charge in [0.15, 0.2) is 11.5 Å². The molecule has 0 aliphatic carbocycles. The largest absolute Gasteiger partial charge is 0.504 e. The van der Waals surface area contributed by atoms with Crippen LogP contribution in [0.4, 0.5) is 5.69 Å². The molecule has 0 spiro atoms. The molecule has 0 aliphatic rings. The van der Waals surface area contributed by atoms with Crippen molar-refractivity contribution in [1.82, 2.24) is 0 Å². The summed E-state index contributed by atoms with van der Waals surface area (Å²) in [5.74, 6) is 0.788. The van der Waals surface area contributed by atoms with Crippen LogP contribution < -0.4 is 15.7 Å². The zero-order chi connectivity index (χ0) is 14.0. The first-order chi connectivity index (χ1) is 9.04. The van der Waals surface area contributed by atoms with Gasteiger partial charge in [-0.2, -0.15) is 0 Å². The van der Waals surface area contributed by atoms with E-state index in [1.807, 2.05) is 30.3 Å². The molecule has 2 aromatic carbocycles. The number of ether oxygens (including phenoxy) is 1. The predicted molar refractivity (Wildman–Crippen MR) is 81.6 cm³/mol. The molecule has 0 saturated heterocycles. The first-order valence-corrected chi connectivity index (χ1v) is 8.61. The number of hydrogen-bond donors (Lipinski definition) is 2. The summed E-state index contributed by atoms with van der Waals surface area (Å²) in [6, 6.07) is 11.4. The van der Waals surface area contributed by atoms with Crippen LogP contribution in [-0.2, 0) is 0 Å². The molecule has 4 heteroatoms. The Bertz CT molecular complexity index is 579. The van der Waals surface area contributed by atoms with E-state index in [4.69, 9.17) is 10.5 Å². The third kappa shape index (κ3) is 2.58. The van der Waals surface area contributed by atoms with Gasteiger partial charge in [0, 0.05) is 5.69 Å². The maximum Gasteiger partial charge on any atom is 0.160 e.